The lowest BCUT2D eigenvalue weighted by molar-refractivity contribution is 0.650. The number of fused-ring (bicyclic) bond motifs is 4. The van der Waals surface area contributed by atoms with Crippen LogP contribution in [0.15, 0.2) is 77.6 Å². The summed E-state index contributed by atoms with van der Waals surface area (Å²) in [7, 11) is 0. The van der Waals surface area contributed by atoms with Gasteiger partial charge >= 0.3 is 0 Å². The molecule has 0 amide bonds. The van der Waals surface area contributed by atoms with E-state index in [-0.39, 0.29) is 5.43 Å². The average molecular weight is 458 g/mol. The molecule has 0 spiro atoms. The second-order valence-corrected chi connectivity index (χ2v) is 9.53. The molecule has 0 saturated carbocycles. The largest absolute Gasteiger partial charge is 0.368 e. The summed E-state index contributed by atoms with van der Waals surface area (Å²) >= 11 is 7.86. The summed E-state index contributed by atoms with van der Waals surface area (Å²) in [6, 6.07) is 24.0. The number of aromatic nitrogens is 1. The van der Waals surface area contributed by atoms with Crippen LogP contribution < -0.4 is 15.2 Å². The van der Waals surface area contributed by atoms with Crippen LogP contribution in [0.4, 0.5) is 11.5 Å². The number of hydrogen-bond donors (Lipinski definition) is 0. The van der Waals surface area contributed by atoms with Gasteiger partial charge in [0.1, 0.15) is 5.82 Å². The number of piperazine rings is 1. The fourth-order valence-corrected chi connectivity index (χ4v) is 6.03. The highest BCUT2D eigenvalue weighted by molar-refractivity contribution is 7.25. The second-order valence-electron chi connectivity index (χ2n) is 8.04. The van der Waals surface area contributed by atoms with Gasteiger partial charge in [-0.3, -0.25) is 4.79 Å². The zero-order valence-electron chi connectivity index (χ0n) is 17.3. The van der Waals surface area contributed by atoms with E-state index < -0.39 is 0 Å². The Labute approximate surface area is 194 Å². The van der Waals surface area contributed by atoms with E-state index in [1.165, 1.54) is 5.69 Å². The monoisotopic (exact) mass is 457 g/mol. The molecule has 6 rings (SSSR count). The molecule has 158 valence electrons. The number of hydrogen-bond acceptors (Lipinski definition) is 5. The number of pyridine rings is 1. The summed E-state index contributed by atoms with van der Waals surface area (Å²) in [6.45, 7) is 3.52. The third kappa shape index (κ3) is 3.20. The molecule has 6 heteroatoms. The van der Waals surface area contributed by atoms with Crippen molar-refractivity contribution in [2.24, 2.45) is 0 Å². The Morgan fingerprint density at radius 1 is 0.812 bits per heavy atom. The Hall–Kier alpha value is -3.15. The molecule has 0 aliphatic carbocycles. The molecular formula is C26H20ClN3OS. The zero-order chi connectivity index (χ0) is 21.7. The molecule has 4 nitrogen and oxygen atoms in total. The van der Waals surface area contributed by atoms with Crippen LogP contribution in [0.1, 0.15) is 0 Å². The Bertz CT molecular complexity index is 1530. The molecule has 0 N–H and O–H groups in total. The summed E-state index contributed by atoms with van der Waals surface area (Å²) in [5.74, 6) is 0.899. The van der Waals surface area contributed by atoms with Crippen LogP contribution in [0.2, 0.25) is 5.02 Å². The van der Waals surface area contributed by atoms with Gasteiger partial charge in [0.15, 0.2) is 5.43 Å². The highest BCUT2D eigenvalue weighted by Crippen LogP contribution is 2.36. The lowest BCUT2D eigenvalue weighted by Gasteiger charge is -2.37. The molecule has 1 aliphatic heterocycles. The van der Waals surface area contributed by atoms with E-state index in [1.54, 1.807) is 17.4 Å². The van der Waals surface area contributed by atoms with Crippen LogP contribution in [-0.2, 0) is 0 Å². The van der Waals surface area contributed by atoms with Crippen molar-refractivity contribution in [1.82, 2.24) is 4.98 Å². The molecule has 0 atom stereocenters. The molecule has 0 unspecified atom stereocenters. The van der Waals surface area contributed by atoms with Gasteiger partial charge in [0.05, 0.1) is 15.6 Å². The fraction of sp³-hybridized carbons (Fsp3) is 0.154. The summed E-state index contributed by atoms with van der Waals surface area (Å²) in [5, 5.41) is 3.02. The van der Waals surface area contributed by atoms with Gasteiger partial charge in [0, 0.05) is 52.4 Å². The van der Waals surface area contributed by atoms with Crippen molar-refractivity contribution in [2.45, 2.75) is 0 Å². The van der Waals surface area contributed by atoms with Gasteiger partial charge in [-0.1, -0.05) is 48.0 Å². The van der Waals surface area contributed by atoms with Crippen molar-refractivity contribution in [1.29, 1.82) is 0 Å². The standard InChI is InChI=1S/C26H20ClN3OS/c27-17-10-11-20-22(16-17)32-25-23(24(20)31)19-8-4-5-9-21(19)28-26(25)30-14-12-29(13-15-30)18-6-2-1-3-7-18/h1-11,16H,12-15H2. The quantitative estimate of drug-likeness (QED) is 0.243. The molecule has 32 heavy (non-hydrogen) atoms. The lowest BCUT2D eigenvalue weighted by Crippen LogP contribution is -2.46. The fourth-order valence-electron chi connectivity index (χ4n) is 4.55. The van der Waals surface area contributed by atoms with Crippen molar-refractivity contribution in [2.75, 3.05) is 36.0 Å². The Morgan fingerprint density at radius 2 is 1.53 bits per heavy atom. The maximum atomic E-state index is 13.6. The predicted octanol–water partition coefficient (Wildman–Crippen LogP) is 5.94. The molecule has 0 bridgehead atoms. The summed E-state index contributed by atoms with van der Waals surface area (Å²) in [6.07, 6.45) is 0. The lowest BCUT2D eigenvalue weighted by atomic mass is 10.1. The average Bonchev–Trinajstić information content (AvgIpc) is 2.84. The second kappa shape index (κ2) is 7.76. The molecular weight excluding hydrogens is 438 g/mol. The Kier molecular flexibility index (Phi) is 4.74. The number of anilines is 2. The molecule has 0 radical (unpaired) electrons. The van der Waals surface area contributed by atoms with Crippen molar-refractivity contribution >= 4 is 65.5 Å². The first-order valence-electron chi connectivity index (χ1n) is 10.7. The van der Waals surface area contributed by atoms with Gasteiger partial charge in [-0.05, 0) is 36.4 Å². The Morgan fingerprint density at radius 3 is 2.34 bits per heavy atom. The smallest absolute Gasteiger partial charge is 0.196 e. The van der Waals surface area contributed by atoms with E-state index in [1.807, 2.05) is 42.5 Å². The van der Waals surface area contributed by atoms with Gasteiger partial charge < -0.3 is 9.80 Å². The molecule has 1 saturated heterocycles. The van der Waals surface area contributed by atoms with E-state index in [0.717, 1.165) is 57.7 Å². The van der Waals surface area contributed by atoms with Crippen molar-refractivity contribution in [3.05, 3.63) is 88.0 Å². The van der Waals surface area contributed by atoms with Gasteiger partial charge in [-0.25, -0.2) is 4.98 Å². The maximum absolute atomic E-state index is 13.6. The third-order valence-electron chi connectivity index (χ3n) is 6.16. The molecule has 5 aromatic rings. The van der Waals surface area contributed by atoms with Gasteiger partial charge in [-0.2, -0.15) is 0 Å². The van der Waals surface area contributed by atoms with Crippen LogP contribution >= 0.6 is 22.9 Å². The van der Waals surface area contributed by atoms with Gasteiger partial charge in [0.2, 0.25) is 0 Å². The SMILES string of the molecule is O=c1c2ccc(Cl)cc2sc2c(N3CCN(c4ccccc4)CC3)nc3ccccc3c12. The highest BCUT2D eigenvalue weighted by atomic mass is 35.5. The normalized spacial score (nSPS) is 14.5. The van der Waals surface area contributed by atoms with Crippen LogP contribution in [-0.4, -0.2) is 31.2 Å². The molecule has 1 aliphatic rings. The molecule has 3 heterocycles. The van der Waals surface area contributed by atoms with Crippen LogP contribution in [0.5, 0.6) is 0 Å². The minimum atomic E-state index is 0.0492. The third-order valence-corrected chi connectivity index (χ3v) is 7.54. The number of nitrogens with zero attached hydrogens (tertiary/aromatic N) is 3. The van der Waals surface area contributed by atoms with Crippen molar-refractivity contribution in [3.63, 3.8) is 0 Å². The van der Waals surface area contributed by atoms with Crippen LogP contribution in [0, 0.1) is 0 Å². The summed E-state index contributed by atoms with van der Waals surface area (Å²) < 4.78 is 1.84. The van der Waals surface area contributed by atoms with Crippen LogP contribution in [0.3, 0.4) is 0 Å². The van der Waals surface area contributed by atoms with Gasteiger partial charge in [0.25, 0.3) is 0 Å². The van der Waals surface area contributed by atoms with Crippen molar-refractivity contribution < 1.29 is 0 Å². The summed E-state index contributed by atoms with van der Waals surface area (Å²) in [5.41, 5.74) is 2.15. The predicted molar refractivity (Wildman–Crippen MR) is 137 cm³/mol. The first kappa shape index (κ1) is 19.5. The number of rotatable bonds is 2. The van der Waals surface area contributed by atoms with Crippen LogP contribution in [0.25, 0.3) is 31.1 Å². The minimum absolute atomic E-state index is 0.0492. The zero-order valence-corrected chi connectivity index (χ0v) is 18.9. The molecule has 2 aromatic heterocycles. The Balaban J connectivity index is 1.52. The maximum Gasteiger partial charge on any atom is 0.196 e. The van der Waals surface area contributed by atoms with E-state index in [0.29, 0.717) is 10.4 Å². The highest BCUT2D eigenvalue weighted by Gasteiger charge is 2.23. The van der Waals surface area contributed by atoms with E-state index in [9.17, 15) is 4.79 Å². The number of benzene rings is 3. The van der Waals surface area contributed by atoms with Gasteiger partial charge in [-0.15, -0.1) is 11.3 Å². The topological polar surface area (TPSA) is 36.4 Å². The van der Waals surface area contributed by atoms with Crippen molar-refractivity contribution in [3.8, 4) is 0 Å². The van der Waals surface area contributed by atoms with E-state index in [2.05, 4.69) is 34.1 Å². The van der Waals surface area contributed by atoms with E-state index in [4.69, 9.17) is 16.6 Å². The first-order chi connectivity index (χ1) is 15.7. The first-order valence-corrected chi connectivity index (χ1v) is 11.9. The van der Waals surface area contributed by atoms with E-state index >= 15 is 0 Å². The molecule has 3 aromatic carbocycles. The molecule has 1 fully saturated rings. The number of halogens is 1. The minimum Gasteiger partial charge on any atom is -0.368 e. The summed E-state index contributed by atoms with van der Waals surface area (Å²) in [4.78, 5) is 23.4. The number of para-hydroxylation sites is 2.